The molecule has 2 N–H and O–H groups in total. The van der Waals surface area contributed by atoms with E-state index in [9.17, 15) is 9.59 Å². The van der Waals surface area contributed by atoms with Gasteiger partial charge in [-0.1, -0.05) is 0 Å². The van der Waals surface area contributed by atoms with Crippen LogP contribution in [0.3, 0.4) is 0 Å². The first kappa shape index (κ1) is 21.1. The van der Waals surface area contributed by atoms with Crippen molar-refractivity contribution in [2.24, 2.45) is 11.8 Å². The second kappa shape index (κ2) is 11.5. The van der Waals surface area contributed by atoms with Crippen molar-refractivity contribution in [1.29, 1.82) is 0 Å². The van der Waals surface area contributed by atoms with Gasteiger partial charge >= 0.3 is 11.9 Å². The average Bonchev–Trinajstić information content (AvgIpc) is 2.66. The molecule has 2 fully saturated rings. The molecule has 0 radical (unpaired) electrons. The number of piperazine rings is 2. The van der Waals surface area contributed by atoms with Crippen LogP contribution in [0.5, 0.6) is 0 Å². The van der Waals surface area contributed by atoms with Crippen molar-refractivity contribution >= 4 is 11.9 Å². The summed E-state index contributed by atoms with van der Waals surface area (Å²) in [5, 5.41) is 6.63. The number of nitrogens with one attached hydrogen (secondary N) is 2. The first-order valence-electron chi connectivity index (χ1n) is 9.85. The highest BCUT2D eigenvalue weighted by Crippen LogP contribution is 2.20. The third kappa shape index (κ3) is 6.50. The van der Waals surface area contributed by atoms with Gasteiger partial charge in [-0.05, 0) is 13.8 Å². The van der Waals surface area contributed by atoms with Crippen molar-refractivity contribution in [3.05, 3.63) is 0 Å². The van der Waals surface area contributed by atoms with E-state index in [0.717, 1.165) is 52.4 Å². The minimum Gasteiger partial charge on any atom is -0.466 e. The predicted molar refractivity (Wildman–Crippen MR) is 98.9 cm³/mol. The van der Waals surface area contributed by atoms with Gasteiger partial charge in [-0.25, -0.2) is 0 Å². The van der Waals surface area contributed by atoms with Gasteiger partial charge in [0.1, 0.15) is 0 Å². The molecule has 0 aliphatic carbocycles. The first-order valence-corrected chi connectivity index (χ1v) is 9.85. The van der Waals surface area contributed by atoms with E-state index >= 15 is 0 Å². The normalized spacial score (nSPS) is 21.8. The molecular formula is C18H34N4O4. The molecular weight excluding hydrogens is 336 g/mol. The van der Waals surface area contributed by atoms with Gasteiger partial charge in [-0.15, -0.1) is 0 Å². The summed E-state index contributed by atoms with van der Waals surface area (Å²) < 4.78 is 10.6. The largest absolute Gasteiger partial charge is 0.466 e. The van der Waals surface area contributed by atoms with Crippen molar-refractivity contribution in [2.75, 3.05) is 78.7 Å². The van der Waals surface area contributed by atoms with Crippen LogP contribution in [-0.2, 0) is 19.1 Å². The molecule has 2 heterocycles. The molecule has 2 aliphatic rings. The summed E-state index contributed by atoms with van der Waals surface area (Å²) in [7, 11) is 0. The van der Waals surface area contributed by atoms with Crippen molar-refractivity contribution in [2.45, 2.75) is 13.8 Å². The topological polar surface area (TPSA) is 83.1 Å². The molecule has 150 valence electrons. The van der Waals surface area contributed by atoms with E-state index in [0.29, 0.717) is 26.3 Å². The van der Waals surface area contributed by atoms with Crippen LogP contribution < -0.4 is 10.6 Å². The lowest BCUT2D eigenvalue weighted by Crippen LogP contribution is -2.52. The van der Waals surface area contributed by atoms with Crippen LogP contribution in [0.4, 0.5) is 0 Å². The third-order valence-electron chi connectivity index (χ3n) is 4.99. The van der Waals surface area contributed by atoms with Crippen LogP contribution in [0.25, 0.3) is 0 Å². The summed E-state index contributed by atoms with van der Waals surface area (Å²) in [6.45, 7) is 12.4. The average molecular weight is 370 g/mol. The molecule has 2 saturated heterocycles. The number of nitrogens with zero attached hydrogens (tertiary/aromatic N) is 2. The number of carbonyl (C=O) groups is 2. The van der Waals surface area contributed by atoms with Crippen molar-refractivity contribution in [3.8, 4) is 0 Å². The zero-order valence-corrected chi connectivity index (χ0v) is 16.2. The SMILES string of the molecule is CCOC(=O)C(CN1CCNCC1)C(CN1CCNCC1)C(=O)OCC. The maximum absolute atomic E-state index is 12.7. The van der Waals surface area contributed by atoms with Crippen molar-refractivity contribution in [3.63, 3.8) is 0 Å². The second-order valence-electron chi connectivity index (χ2n) is 6.82. The minimum absolute atomic E-state index is 0.292. The molecule has 0 amide bonds. The Morgan fingerprint density at radius 3 is 1.42 bits per heavy atom. The Kier molecular flexibility index (Phi) is 9.31. The highest BCUT2D eigenvalue weighted by molar-refractivity contribution is 5.82. The standard InChI is InChI=1S/C18H34N4O4/c1-3-25-17(23)15(13-21-9-5-19-6-10-21)16(18(24)26-4-2)14-22-11-7-20-8-12-22/h15-16,19-20H,3-14H2,1-2H3. The molecule has 0 aromatic heterocycles. The molecule has 2 unspecified atom stereocenters. The van der Waals surface area contributed by atoms with Gasteiger partial charge in [0.2, 0.25) is 0 Å². The van der Waals surface area contributed by atoms with Crippen LogP contribution in [0.15, 0.2) is 0 Å². The fraction of sp³-hybridized carbons (Fsp3) is 0.889. The molecule has 2 aliphatic heterocycles. The molecule has 0 bridgehead atoms. The van der Waals surface area contributed by atoms with Gasteiger partial charge < -0.3 is 20.1 Å². The van der Waals surface area contributed by atoms with E-state index in [2.05, 4.69) is 20.4 Å². The monoisotopic (exact) mass is 370 g/mol. The maximum atomic E-state index is 12.7. The lowest BCUT2D eigenvalue weighted by atomic mass is 9.90. The van der Waals surface area contributed by atoms with Gasteiger partial charge in [-0.3, -0.25) is 19.4 Å². The Bertz CT molecular complexity index is 397. The van der Waals surface area contributed by atoms with E-state index in [1.807, 2.05) is 0 Å². The smallest absolute Gasteiger partial charge is 0.311 e. The van der Waals surface area contributed by atoms with Gasteiger partial charge in [0, 0.05) is 65.4 Å². The van der Waals surface area contributed by atoms with Gasteiger partial charge in [0.25, 0.3) is 0 Å². The lowest BCUT2D eigenvalue weighted by molar-refractivity contribution is -0.162. The lowest BCUT2D eigenvalue weighted by Gasteiger charge is -2.35. The molecule has 0 saturated carbocycles. The van der Waals surface area contributed by atoms with Crippen LogP contribution in [0.2, 0.25) is 0 Å². The van der Waals surface area contributed by atoms with E-state index in [-0.39, 0.29) is 11.9 Å². The molecule has 8 heteroatoms. The maximum Gasteiger partial charge on any atom is 0.311 e. The highest BCUT2D eigenvalue weighted by Gasteiger charge is 2.38. The molecule has 8 nitrogen and oxygen atoms in total. The van der Waals surface area contributed by atoms with Gasteiger partial charge in [0.05, 0.1) is 25.0 Å². The summed E-state index contributed by atoms with van der Waals surface area (Å²) in [5.74, 6) is -1.58. The van der Waals surface area contributed by atoms with Gasteiger partial charge in [0.15, 0.2) is 0 Å². The first-order chi connectivity index (χ1) is 12.7. The molecule has 26 heavy (non-hydrogen) atoms. The van der Waals surface area contributed by atoms with Crippen molar-refractivity contribution < 1.29 is 19.1 Å². The Hall–Kier alpha value is -1.22. The summed E-state index contributed by atoms with van der Waals surface area (Å²) >= 11 is 0. The molecule has 0 spiro atoms. The molecule has 2 rings (SSSR count). The Morgan fingerprint density at radius 1 is 0.769 bits per heavy atom. The van der Waals surface area contributed by atoms with Crippen molar-refractivity contribution in [1.82, 2.24) is 20.4 Å². The number of esters is 2. The fourth-order valence-corrected chi connectivity index (χ4v) is 3.57. The number of hydrogen-bond acceptors (Lipinski definition) is 8. The van der Waals surface area contributed by atoms with E-state index < -0.39 is 11.8 Å². The molecule has 2 atom stereocenters. The van der Waals surface area contributed by atoms with Gasteiger partial charge in [-0.2, -0.15) is 0 Å². The number of rotatable bonds is 9. The summed E-state index contributed by atoms with van der Waals surface area (Å²) in [4.78, 5) is 29.9. The molecule has 0 aromatic carbocycles. The van der Waals surface area contributed by atoms with E-state index in [1.165, 1.54) is 0 Å². The zero-order chi connectivity index (χ0) is 18.8. The van der Waals surface area contributed by atoms with E-state index in [4.69, 9.17) is 9.47 Å². The van der Waals surface area contributed by atoms with Crippen LogP contribution in [0.1, 0.15) is 13.8 Å². The third-order valence-corrected chi connectivity index (χ3v) is 4.99. The van der Waals surface area contributed by atoms with Crippen LogP contribution in [-0.4, -0.2) is 100 Å². The quantitative estimate of drug-likeness (QED) is 0.508. The van der Waals surface area contributed by atoms with Crippen LogP contribution in [0, 0.1) is 11.8 Å². The molecule has 0 aromatic rings. The minimum atomic E-state index is -0.498. The Balaban J connectivity index is 2.13. The summed E-state index contributed by atoms with van der Waals surface area (Å²) in [5.41, 5.74) is 0. The number of ether oxygens (including phenoxy) is 2. The highest BCUT2D eigenvalue weighted by atomic mass is 16.5. The Labute approximate surface area is 156 Å². The summed E-state index contributed by atoms with van der Waals surface area (Å²) in [6, 6.07) is 0. The predicted octanol–water partition coefficient (Wildman–Crippen LogP) is -0.845. The number of hydrogen-bond donors (Lipinski definition) is 2. The summed E-state index contributed by atoms with van der Waals surface area (Å²) in [6.07, 6.45) is 0. The van der Waals surface area contributed by atoms with E-state index in [1.54, 1.807) is 13.8 Å². The second-order valence-corrected chi connectivity index (χ2v) is 6.82. The zero-order valence-electron chi connectivity index (χ0n) is 16.2. The fourth-order valence-electron chi connectivity index (χ4n) is 3.57. The number of carbonyl (C=O) groups excluding carboxylic acids is 2. The Morgan fingerprint density at radius 2 is 1.12 bits per heavy atom. The van der Waals surface area contributed by atoms with Crippen LogP contribution >= 0.6 is 0 Å².